The second-order valence-corrected chi connectivity index (χ2v) is 16.0. The van der Waals surface area contributed by atoms with Crippen LogP contribution in [-0.2, 0) is 10.8 Å². The summed E-state index contributed by atoms with van der Waals surface area (Å²) in [5, 5.41) is 0. The predicted octanol–water partition coefficient (Wildman–Crippen LogP) is 13.1. The molecule has 268 valence electrons. The second kappa shape index (κ2) is 11.8. The van der Waals surface area contributed by atoms with Crippen molar-refractivity contribution in [3.63, 3.8) is 0 Å². The quantitative estimate of drug-likeness (QED) is 0.181. The molecule has 0 N–H and O–H groups in total. The molecule has 1 aliphatic heterocycles. The van der Waals surface area contributed by atoms with E-state index in [0.29, 0.717) is 29.0 Å². The maximum atomic E-state index is 6.73. The molecule has 0 unspecified atom stereocenters. The van der Waals surface area contributed by atoms with Crippen LogP contribution in [0.4, 0.5) is 0 Å². The van der Waals surface area contributed by atoms with E-state index in [-0.39, 0.29) is 10.8 Å². The Labute approximate surface area is 326 Å². The summed E-state index contributed by atoms with van der Waals surface area (Å²) in [6.45, 7) is 9.14. The van der Waals surface area contributed by atoms with E-state index in [1.54, 1.807) is 0 Å². The third-order valence-electron chi connectivity index (χ3n) is 12.0. The molecule has 56 heavy (non-hydrogen) atoms. The molecule has 0 atom stereocenters. The SMILES string of the molecule is CC1(C)c2ccccc2-c2ccc(-c3nc(-c4ccccc4)nc(-c4ccc(-c5cccc6c5Oc5cc7c(cc5O6)-c5ccccc5C7(C)C)cc4)n3)cc21. The van der Waals surface area contributed by atoms with Gasteiger partial charge in [-0.25, -0.2) is 15.0 Å². The Hall–Kier alpha value is -6.85. The highest BCUT2D eigenvalue weighted by molar-refractivity contribution is 5.85. The van der Waals surface area contributed by atoms with E-state index in [4.69, 9.17) is 24.4 Å². The maximum Gasteiger partial charge on any atom is 0.177 e. The zero-order valence-electron chi connectivity index (χ0n) is 31.6. The van der Waals surface area contributed by atoms with E-state index in [1.807, 2.05) is 42.5 Å². The maximum absolute atomic E-state index is 6.73. The highest BCUT2D eigenvalue weighted by atomic mass is 16.6. The summed E-state index contributed by atoms with van der Waals surface area (Å²) in [6.07, 6.45) is 0. The molecule has 0 bridgehead atoms. The topological polar surface area (TPSA) is 57.1 Å². The Bertz CT molecular complexity index is 2910. The molecule has 2 aliphatic carbocycles. The van der Waals surface area contributed by atoms with Gasteiger partial charge >= 0.3 is 0 Å². The number of benzene rings is 7. The van der Waals surface area contributed by atoms with Gasteiger partial charge in [-0.15, -0.1) is 0 Å². The second-order valence-electron chi connectivity index (χ2n) is 16.0. The number of hydrogen-bond donors (Lipinski definition) is 0. The fourth-order valence-electron chi connectivity index (χ4n) is 9.02. The molecule has 2 heterocycles. The van der Waals surface area contributed by atoms with Crippen LogP contribution < -0.4 is 9.47 Å². The third-order valence-corrected chi connectivity index (χ3v) is 12.0. The molecule has 7 aromatic carbocycles. The van der Waals surface area contributed by atoms with Crippen molar-refractivity contribution in [2.24, 2.45) is 0 Å². The number of rotatable bonds is 4. The first-order valence-electron chi connectivity index (χ1n) is 19.2. The fourth-order valence-corrected chi connectivity index (χ4v) is 9.02. The van der Waals surface area contributed by atoms with Gasteiger partial charge in [-0.3, -0.25) is 0 Å². The van der Waals surface area contributed by atoms with Gasteiger partial charge in [0.1, 0.15) is 0 Å². The number of hydrogen-bond acceptors (Lipinski definition) is 5. The van der Waals surface area contributed by atoms with Gasteiger partial charge in [0.15, 0.2) is 40.5 Å². The molecule has 0 fully saturated rings. The van der Waals surface area contributed by atoms with Crippen LogP contribution in [0.3, 0.4) is 0 Å². The molecule has 3 aliphatic rings. The van der Waals surface area contributed by atoms with E-state index in [1.165, 1.54) is 44.5 Å². The van der Waals surface area contributed by atoms with Crippen molar-refractivity contribution in [3.8, 4) is 90.5 Å². The molecule has 0 saturated heterocycles. The van der Waals surface area contributed by atoms with Crippen LogP contribution in [-0.4, -0.2) is 15.0 Å². The average Bonchev–Trinajstić information content (AvgIpc) is 3.60. The normalized spacial score (nSPS) is 14.6. The standard InChI is InChI=1S/C51H37N3O2/c1-50(2)39-18-10-8-15-35(39)37-26-25-33(27-41(37)50)49-53-47(31-13-6-5-7-14-31)52-48(54-49)32-23-21-30(22-24-32)34-17-12-20-43-46(34)56-45-29-42-38(28-44(45)55-43)36-16-9-11-19-40(36)51(42,3)4/h5-29H,1-4H3. The summed E-state index contributed by atoms with van der Waals surface area (Å²) in [7, 11) is 0. The van der Waals surface area contributed by atoms with Crippen molar-refractivity contribution < 1.29 is 9.47 Å². The van der Waals surface area contributed by atoms with Gasteiger partial charge in [0.05, 0.1) is 0 Å². The lowest BCUT2D eigenvalue weighted by molar-refractivity contribution is 0.360. The van der Waals surface area contributed by atoms with Crippen molar-refractivity contribution >= 4 is 0 Å². The number of nitrogens with zero attached hydrogens (tertiary/aromatic N) is 3. The van der Waals surface area contributed by atoms with E-state index in [2.05, 4.69) is 137 Å². The van der Waals surface area contributed by atoms with Crippen LogP contribution >= 0.6 is 0 Å². The van der Waals surface area contributed by atoms with Gasteiger partial charge in [-0.2, -0.15) is 0 Å². The van der Waals surface area contributed by atoms with E-state index < -0.39 is 0 Å². The van der Waals surface area contributed by atoms with Crippen molar-refractivity contribution in [1.29, 1.82) is 0 Å². The highest BCUT2D eigenvalue weighted by Crippen LogP contribution is 2.56. The molecule has 11 rings (SSSR count). The summed E-state index contributed by atoms with van der Waals surface area (Å²) in [5.41, 5.74) is 14.7. The van der Waals surface area contributed by atoms with E-state index >= 15 is 0 Å². The van der Waals surface area contributed by atoms with Crippen LogP contribution in [0.2, 0.25) is 0 Å². The molecular formula is C51H37N3O2. The Morgan fingerprint density at radius 3 is 1.54 bits per heavy atom. The first-order valence-corrected chi connectivity index (χ1v) is 19.2. The average molecular weight is 724 g/mol. The molecule has 0 saturated carbocycles. The third kappa shape index (κ3) is 4.83. The molecule has 5 heteroatoms. The zero-order chi connectivity index (χ0) is 37.8. The molecule has 0 amide bonds. The monoisotopic (exact) mass is 723 g/mol. The lowest BCUT2D eigenvalue weighted by Gasteiger charge is -2.26. The van der Waals surface area contributed by atoms with Crippen LogP contribution in [0.15, 0.2) is 152 Å². The van der Waals surface area contributed by atoms with Crippen LogP contribution in [0.5, 0.6) is 23.0 Å². The largest absolute Gasteiger partial charge is 0.449 e. The van der Waals surface area contributed by atoms with Crippen molar-refractivity contribution in [3.05, 3.63) is 174 Å². The summed E-state index contributed by atoms with van der Waals surface area (Å²) in [5.74, 6) is 4.75. The van der Waals surface area contributed by atoms with E-state index in [0.717, 1.165) is 39.3 Å². The number of fused-ring (bicyclic) bond motifs is 8. The van der Waals surface area contributed by atoms with Crippen LogP contribution in [0.1, 0.15) is 49.9 Å². The van der Waals surface area contributed by atoms with Gasteiger partial charge in [-0.05, 0) is 74.3 Å². The summed E-state index contributed by atoms with van der Waals surface area (Å²) < 4.78 is 13.3. The smallest absolute Gasteiger partial charge is 0.177 e. The van der Waals surface area contributed by atoms with E-state index in [9.17, 15) is 0 Å². The lowest BCUT2D eigenvalue weighted by atomic mass is 9.82. The number of ether oxygens (including phenoxy) is 2. The highest BCUT2D eigenvalue weighted by Gasteiger charge is 2.38. The Morgan fingerprint density at radius 2 is 0.839 bits per heavy atom. The molecule has 8 aromatic rings. The van der Waals surface area contributed by atoms with Gasteiger partial charge < -0.3 is 9.47 Å². The molecule has 1 aromatic heterocycles. The summed E-state index contributed by atoms with van der Waals surface area (Å²) in [6, 6.07) is 52.8. The molecular weight excluding hydrogens is 687 g/mol. The Balaban J connectivity index is 0.958. The predicted molar refractivity (Wildman–Crippen MR) is 223 cm³/mol. The first kappa shape index (κ1) is 32.6. The molecule has 0 spiro atoms. The van der Waals surface area contributed by atoms with Crippen LogP contribution in [0, 0.1) is 0 Å². The molecule has 5 nitrogen and oxygen atoms in total. The minimum atomic E-state index is -0.141. The lowest BCUT2D eigenvalue weighted by Crippen LogP contribution is -2.15. The van der Waals surface area contributed by atoms with Gasteiger partial charge in [0.2, 0.25) is 0 Å². The number of para-hydroxylation sites is 1. The van der Waals surface area contributed by atoms with Crippen molar-refractivity contribution in [1.82, 2.24) is 15.0 Å². The van der Waals surface area contributed by atoms with Crippen molar-refractivity contribution in [2.45, 2.75) is 38.5 Å². The minimum Gasteiger partial charge on any atom is -0.449 e. The Morgan fingerprint density at radius 1 is 0.339 bits per heavy atom. The van der Waals surface area contributed by atoms with Gasteiger partial charge in [0.25, 0.3) is 0 Å². The zero-order valence-corrected chi connectivity index (χ0v) is 31.6. The Kier molecular flexibility index (Phi) is 6.88. The van der Waals surface area contributed by atoms with Gasteiger partial charge in [-0.1, -0.05) is 155 Å². The summed E-state index contributed by atoms with van der Waals surface area (Å²) in [4.78, 5) is 15.2. The van der Waals surface area contributed by atoms with Gasteiger partial charge in [0, 0.05) is 33.1 Å². The number of aromatic nitrogens is 3. The fraction of sp³-hybridized carbons (Fsp3) is 0.118. The van der Waals surface area contributed by atoms with Crippen molar-refractivity contribution in [2.75, 3.05) is 0 Å². The minimum absolute atomic E-state index is 0.133. The van der Waals surface area contributed by atoms with Crippen LogP contribution in [0.25, 0.3) is 67.5 Å². The summed E-state index contributed by atoms with van der Waals surface area (Å²) >= 11 is 0. The first-order chi connectivity index (χ1) is 27.2. The molecule has 0 radical (unpaired) electrons.